The Labute approximate surface area is 177 Å². The molecule has 31 heavy (non-hydrogen) atoms. The van der Waals surface area contributed by atoms with Crippen LogP contribution in [0.25, 0.3) is 11.1 Å². The molecule has 1 aliphatic rings. The van der Waals surface area contributed by atoms with Crippen molar-refractivity contribution in [3.63, 3.8) is 0 Å². The molecular formula is C22H20FN5O3. The lowest BCUT2D eigenvalue weighted by molar-refractivity contribution is -0.124. The third kappa shape index (κ3) is 3.65. The van der Waals surface area contributed by atoms with Gasteiger partial charge in [0.15, 0.2) is 5.54 Å². The van der Waals surface area contributed by atoms with Gasteiger partial charge >= 0.3 is 6.03 Å². The van der Waals surface area contributed by atoms with Gasteiger partial charge in [-0.25, -0.2) is 14.2 Å². The fourth-order valence-corrected chi connectivity index (χ4v) is 3.62. The molecule has 0 radical (unpaired) electrons. The maximum Gasteiger partial charge on any atom is 0.322 e. The summed E-state index contributed by atoms with van der Waals surface area (Å²) < 4.78 is 15.5. The molecule has 3 aromatic rings. The van der Waals surface area contributed by atoms with Crippen molar-refractivity contribution < 1.29 is 18.8 Å². The lowest BCUT2D eigenvalue weighted by Crippen LogP contribution is -2.54. The second-order valence-corrected chi connectivity index (χ2v) is 7.41. The molecule has 0 spiro atoms. The first kappa shape index (κ1) is 20.3. The van der Waals surface area contributed by atoms with E-state index in [0.717, 1.165) is 5.56 Å². The molecule has 1 unspecified atom stereocenters. The number of halogens is 1. The fraction of sp³-hybridized carbons (Fsp3) is 0.182. The first-order valence-electron chi connectivity index (χ1n) is 9.56. The molecule has 1 aromatic heterocycles. The number of hydrogen-bond donors (Lipinski definition) is 3. The Balaban J connectivity index is 1.66. The number of carbonyl (C=O) groups excluding carboxylic acids is 3. The van der Waals surface area contributed by atoms with Gasteiger partial charge in [-0.3, -0.25) is 14.9 Å². The van der Waals surface area contributed by atoms with Crippen LogP contribution in [0.2, 0.25) is 0 Å². The Morgan fingerprint density at radius 3 is 2.55 bits per heavy atom. The Kier molecular flexibility index (Phi) is 5.02. The summed E-state index contributed by atoms with van der Waals surface area (Å²) >= 11 is 0. The molecule has 3 N–H and O–H groups in total. The molecule has 1 fully saturated rings. The summed E-state index contributed by atoms with van der Waals surface area (Å²) in [4.78, 5) is 41.7. The molecule has 9 heteroatoms. The highest BCUT2D eigenvalue weighted by atomic mass is 19.1. The second kappa shape index (κ2) is 7.67. The summed E-state index contributed by atoms with van der Waals surface area (Å²) in [6, 6.07) is 10.6. The van der Waals surface area contributed by atoms with Gasteiger partial charge in [0, 0.05) is 25.0 Å². The topological polar surface area (TPSA) is 105 Å². The normalized spacial score (nSPS) is 17.9. The highest BCUT2D eigenvalue weighted by Gasteiger charge is 2.50. The van der Waals surface area contributed by atoms with Crippen molar-refractivity contribution in [2.45, 2.75) is 12.5 Å². The van der Waals surface area contributed by atoms with Gasteiger partial charge in [0.1, 0.15) is 11.6 Å². The number of benzene rings is 2. The number of imide groups is 1. The fourth-order valence-electron chi connectivity index (χ4n) is 3.62. The predicted molar refractivity (Wildman–Crippen MR) is 110 cm³/mol. The van der Waals surface area contributed by atoms with E-state index in [1.165, 1.54) is 24.4 Å². The second-order valence-electron chi connectivity index (χ2n) is 7.41. The van der Waals surface area contributed by atoms with Gasteiger partial charge in [-0.1, -0.05) is 29.8 Å². The molecule has 2 heterocycles. The number of nitrogens with zero attached hydrogens (tertiary/aromatic N) is 2. The van der Waals surface area contributed by atoms with Crippen LogP contribution in [0.3, 0.4) is 0 Å². The summed E-state index contributed by atoms with van der Waals surface area (Å²) in [7, 11) is 1.68. The van der Waals surface area contributed by atoms with E-state index in [-0.39, 0.29) is 17.9 Å². The average molecular weight is 421 g/mol. The van der Waals surface area contributed by atoms with Gasteiger partial charge < -0.3 is 15.2 Å². The minimum Gasteiger partial charge on any atom is -0.349 e. The lowest BCUT2D eigenvalue weighted by atomic mass is 9.96. The van der Waals surface area contributed by atoms with Crippen molar-refractivity contribution in [1.29, 1.82) is 0 Å². The number of aromatic nitrogens is 2. The first-order chi connectivity index (χ1) is 14.8. The summed E-state index contributed by atoms with van der Waals surface area (Å²) in [5.74, 6) is -1.34. The zero-order valence-corrected chi connectivity index (χ0v) is 16.9. The smallest absolute Gasteiger partial charge is 0.322 e. The molecule has 158 valence electrons. The average Bonchev–Trinajstić information content (AvgIpc) is 3.29. The predicted octanol–water partition coefficient (Wildman–Crippen LogP) is 2.00. The highest BCUT2D eigenvalue weighted by molar-refractivity contribution is 6.08. The van der Waals surface area contributed by atoms with Crippen LogP contribution in [0.15, 0.2) is 54.9 Å². The van der Waals surface area contributed by atoms with Crippen molar-refractivity contribution in [3.05, 3.63) is 77.6 Å². The summed E-state index contributed by atoms with van der Waals surface area (Å²) in [6.45, 7) is 1.69. The van der Waals surface area contributed by atoms with Crippen LogP contribution in [0.4, 0.5) is 9.18 Å². The maximum atomic E-state index is 13.9. The van der Waals surface area contributed by atoms with E-state index in [0.29, 0.717) is 11.1 Å². The molecule has 4 rings (SSSR count). The van der Waals surface area contributed by atoms with Crippen LogP contribution in [-0.4, -0.2) is 33.9 Å². The Hall–Kier alpha value is -4.01. The zero-order valence-electron chi connectivity index (χ0n) is 16.9. The molecule has 1 atom stereocenters. The number of aryl methyl sites for hydroxylation is 2. The van der Waals surface area contributed by atoms with Gasteiger partial charge in [0.2, 0.25) is 0 Å². The van der Waals surface area contributed by atoms with Crippen LogP contribution in [-0.2, 0) is 17.4 Å². The van der Waals surface area contributed by atoms with E-state index in [1.54, 1.807) is 29.9 Å². The SMILES string of the molecule is Cc1ccc(-c2cc(F)ccc2C(=O)NCC2(c3nccn3C)NC(=O)NC2=O)cc1. The number of amides is 4. The van der Waals surface area contributed by atoms with Crippen molar-refractivity contribution in [1.82, 2.24) is 25.5 Å². The van der Waals surface area contributed by atoms with Crippen LogP contribution in [0.1, 0.15) is 21.7 Å². The van der Waals surface area contributed by atoms with E-state index in [1.807, 2.05) is 19.1 Å². The number of nitrogens with one attached hydrogen (secondary N) is 3. The van der Waals surface area contributed by atoms with E-state index in [2.05, 4.69) is 20.9 Å². The van der Waals surface area contributed by atoms with E-state index >= 15 is 0 Å². The molecule has 0 aliphatic carbocycles. The van der Waals surface area contributed by atoms with Gasteiger partial charge in [0.25, 0.3) is 11.8 Å². The highest BCUT2D eigenvalue weighted by Crippen LogP contribution is 2.27. The molecule has 4 amide bonds. The van der Waals surface area contributed by atoms with Gasteiger partial charge in [0.05, 0.1) is 6.54 Å². The number of urea groups is 1. The standard InChI is InChI=1S/C22H20FN5O3/c1-13-3-5-14(6-4-13)17-11-15(23)7-8-16(17)18(29)25-12-22(19-24-9-10-28(19)2)20(30)26-21(31)27-22/h3-11H,12H2,1-2H3,(H,25,29)(H2,26,27,30,31). The minimum absolute atomic E-state index is 0.237. The first-order valence-corrected chi connectivity index (χ1v) is 9.56. The molecule has 2 aromatic carbocycles. The van der Waals surface area contributed by atoms with Crippen molar-refractivity contribution in [2.75, 3.05) is 6.54 Å². The van der Waals surface area contributed by atoms with E-state index in [9.17, 15) is 18.8 Å². The summed E-state index contributed by atoms with van der Waals surface area (Å²) in [5, 5.41) is 7.46. The molecule has 0 saturated carbocycles. The maximum absolute atomic E-state index is 13.9. The van der Waals surface area contributed by atoms with Crippen molar-refractivity contribution in [2.24, 2.45) is 7.05 Å². The molecule has 8 nitrogen and oxygen atoms in total. The van der Waals surface area contributed by atoms with Crippen molar-refractivity contribution >= 4 is 17.8 Å². The van der Waals surface area contributed by atoms with Crippen LogP contribution in [0, 0.1) is 12.7 Å². The molecule has 1 aliphatic heterocycles. The van der Waals surface area contributed by atoms with E-state index in [4.69, 9.17) is 0 Å². The molecule has 0 bridgehead atoms. The van der Waals surface area contributed by atoms with Crippen molar-refractivity contribution in [3.8, 4) is 11.1 Å². The summed E-state index contributed by atoms with van der Waals surface area (Å²) in [5.41, 5.74) is 0.815. The van der Waals surface area contributed by atoms with Crippen LogP contribution in [0.5, 0.6) is 0 Å². The van der Waals surface area contributed by atoms with Crippen LogP contribution < -0.4 is 16.0 Å². The zero-order chi connectivity index (χ0) is 22.2. The van der Waals surface area contributed by atoms with Crippen LogP contribution >= 0.6 is 0 Å². The quantitative estimate of drug-likeness (QED) is 0.548. The minimum atomic E-state index is -1.56. The Morgan fingerprint density at radius 1 is 1.19 bits per heavy atom. The number of carbonyl (C=O) groups is 3. The molecule has 1 saturated heterocycles. The number of imidazole rings is 1. The Bertz CT molecular complexity index is 1190. The lowest BCUT2D eigenvalue weighted by Gasteiger charge is -2.26. The molecular weight excluding hydrogens is 401 g/mol. The largest absolute Gasteiger partial charge is 0.349 e. The van der Waals surface area contributed by atoms with Gasteiger partial charge in [-0.2, -0.15) is 0 Å². The number of rotatable bonds is 5. The monoisotopic (exact) mass is 421 g/mol. The van der Waals surface area contributed by atoms with Gasteiger partial charge in [-0.05, 0) is 36.2 Å². The number of hydrogen-bond acceptors (Lipinski definition) is 4. The third-order valence-corrected chi connectivity index (χ3v) is 5.25. The van der Waals surface area contributed by atoms with Gasteiger partial charge in [-0.15, -0.1) is 0 Å². The third-order valence-electron chi connectivity index (χ3n) is 5.25. The van der Waals surface area contributed by atoms with E-state index < -0.39 is 29.2 Å². The Morgan fingerprint density at radius 2 is 1.94 bits per heavy atom. The summed E-state index contributed by atoms with van der Waals surface area (Å²) in [6.07, 6.45) is 3.12.